The Balaban J connectivity index is 2.66. The Labute approximate surface area is 146 Å². The van der Waals surface area contributed by atoms with E-state index in [0.717, 1.165) is 24.3 Å². The molecule has 0 heterocycles. The monoisotopic (exact) mass is 377 g/mol. The number of rotatable bonds is 3. The minimum atomic E-state index is -4.62. The van der Waals surface area contributed by atoms with Gasteiger partial charge in [-0.1, -0.05) is 17.7 Å². The van der Waals surface area contributed by atoms with E-state index in [-0.39, 0.29) is 11.6 Å². The van der Waals surface area contributed by atoms with Crippen molar-refractivity contribution in [1.82, 2.24) is 16.2 Å². The molecule has 0 saturated carbocycles. The average molecular weight is 378 g/mol. The van der Waals surface area contributed by atoms with Crippen LogP contribution in [-0.4, -0.2) is 23.8 Å². The predicted molar refractivity (Wildman–Crippen MR) is 85.1 cm³/mol. The van der Waals surface area contributed by atoms with Crippen molar-refractivity contribution in [3.05, 3.63) is 40.4 Å². The lowest BCUT2D eigenvalue weighted by Crippen LogP contribution is -2.49. The highest BCUT2D eigenvalue weighted by Gasteiger charge is 2.33. The summed E-state index contributed by atoms with van der Waals surface area (Å²) in [7, 11) is 0. The van der Waals surface area contributed by atoms with Gasteiger partial charge in [0.05, 0.1) is 10.6 Å². The van der Waals surface area contributed by atoms with E-state index in [4.69, 9.17) is 11.6 Å². The standard InChI is InChI=1S/C15H15ClF3N3O3/c1-8(2)20-13(24)14(25)22-21-12(23)6-4-9-3-5-11(16)10(7-9)15(17,18)19/h3-8H,1-2H3,(H,20,24)(H,21,23)(H,22,25)/b6-4+. The number of amides is 3. The van der Waals surface area contributed by atoms with Crippen LogP contribution in [0.5, 0.6) is 0 Å². The number of carbonyl (C=O) groups excluding carboxylic acids is 3. The molecule has 0 atom stereocenters. The van der Waals surface area contributed by atoms with E-state index in [1.807, 2.05) is 10.9 Å². The first-order chi connectivity index (χ1) is 11.5. The maximum Gasteiger partial charge on any atom is 0.417 e. The average Bonchev–Trinajstić information content (AvgIpc) is 2.49. The molecular weight excluding hydrogens is 363 g/mol. The van der Waals surface area contributed by atoms with Gasteiger partial charge in [0.25, 0.3) is 5.91 Å². The number of hydrogen-bond acceptors (Lipinski definition) is 3. The first-order valence-electron chi connectivity index (χ1n) is 6.96. The topological polar surface area (TPSA) is 87.3 Å². The van der Waals surface area contributed by atoms with Gasteiger partial charge in [-0.2, -0.15) is 13.2 Å². The maximum absolute atomic E-state index is 12.7. The summed E-state index contributed by atoms with van der Waals surface area (Å²) < 4.78 is 38.2. The largest absolute Gasteiger partial charge is 0.417 e. The van der Waals surface area contributed by atoms with Gasteiger partial charge in [0, 0.05) is 12.1 Å². The zero-order chi connectivity index (χ0) is 19.2. The van der Waals surface area contributed by atoms with Crippen LogP contribution in [-0.2, 0) is 20.6 Å². The lowest BCUT2D eigenvalue weighted by Gasteiger charge is -2.09. The third-order valence-corrected chi connectivity index (χ3v) is 2.98. The van der Waals surface area contributed by atoms with Crippen molar-refractivity contribution in [2.75, 3.05) is 0 Å². The Bertz CT molecular complexity index is 703. The predicted octanol–water partition coefficient (Wildman–Crippen LogP) is 2.04. The molecule has 0 unspecified atom stereocenters. The van der Waals surface area contributed by atoms with E-state index in [2.05, 4.69) is 5.32 Å². The van der Waals surface area contributed by atoms with Gasteiger partial charge in [0.15, 0.2) is 0 Å². The molecule has 25 heavy (non-hydrogen) atoms. The van der Waals surface area contributed by atoms with E-state index in [1.165, 1.54) is 6.07 Å². The molecule has 1 aromatic carbocycles. The van der Waals surface area contributed by atoms with E-state index in [0.29, 0.717) is 0 Å². The summed E-state index contributed by atoms with van der Waals surface area (Å²) in [5, 5.41) is 1.85. The molecule has 0 radical (unpaired) electrons. The van der Waals surface area contributed by atoms with Crippen molar-refractivity contribution in [1.29, 1.82) is 0 Å². The summed E-state index contributed by atoms with van der Waals surface area (Å²) >= 11 is 5.48. The third kappa shape index (κ3) is 6.84. The van der Waals surface area contributed by atoms with Crippen molar-refractivity contribution < 1.29 is 27.6 Å². The lowest BCUT2D eigenvalue weighted by atomic mass is 10.1. The van der Waals surface area contributed by atoms with Gasteiger partial charge in [-0.15, -0.1) is 0 Å². The second-order valence-electron chi connectivity index (χ2n) is 5.14. The van der Waals surface area contributed by atoms with Gasteiger partial charge < -0.3 is 5.32 Å². The Hall–Kier alpha value is -2.55. The molecule has 0 bridgehead atoms. The van der Waals surface area contributed by atoms with Gasteiger partial charge in [0.2, 0.25) is 0 Å². The van der Waals surface area contributed by atoms with Gasteiger partial charge >= 0.3 is 18.0 Å². The van der Waals surface area contributed by atoms with Crippen LogP contribution in [0.25, 0.3) is 6.08 Å². The number of nitrogens with one attached hydrogen (secondary N) is 3. The number of hydrazine groups is 1. The molecule has 0 saturated heterocycles. The molecule has 3 N–H and O–H groups in total. The quantitative estimate of drug-likeness (QED) is 0.428. The molecule has 3 amide bonds. The van der Waals surface area contributed by atoms with Gasteiger partial charge in [-0.25, -0.2) is 0 Å². The number of halogens is 4. The van der Waals surface area contributed by atoms with Crippen LogP contribution in [0.4, 0.5) is 13.2 Å². The number of benzene rings is 1. The van der Waals surface area contributed by atoms with E-state index >= 15 is 0 Å². The van der Waals surface area contributed by atoms with Crippen LogP contribution in [0.2, 0.25) is 5.02 Å². The first-order valence-corrected chi connectivity index (χ1v) is 7.34. The minimum Gasteiger partial charge on any atom is -0.346 e. The summed E-state index contributed by atoms with van der Waals surface area (Å²) in [5.74, 6) is -2.86. The zero-order valence-electron chi connectivity index (χ0n) is 13.2. The highest BCUT2D eigenvalue weighted by Crippen LogP contribution is 2.35. The Morgan fingerprint density at radius 2 is 1.76 bits per heavy atom. The Morgan fingerprint density at radius 3 is 2.32 bits per heavy atom. The fourth-order valence-corrected chi connectivity index (χ4v) is 1.80. The van der Waals surface area contributed by atoms with Crippen LogP contribution in [0.15, 0.2) is 24.3 Å². The maximum atomic E-state index is 12.7. The van der Waals surface area contributed by atoms with Gasteiger partial charge in [-0.05, 0) is 37.6 Å². The van der Waals surface area contributed by atoms with Crippen molar-refractivity contribution in [2.24, 2.45) is 0 Å². The molecule has 10 heteroatoms. The minimum absolute atomic E-state index is 0.0794. The summed E-state index contributed by atoms with van der Waals surface area (Å²) in [6, 6.07) is 2.86. The molecule has 136 valence electrons. The lowest BCUT2D eigenvalue weighted by molar-refractivity contribution is -0.140. The molecule has 0 aromatic heterocycles. The zero-order valence-corrected chi connectivity index (χ0v) is 14.0. The van der Waals surface area contributed by atoms with Crippen LogP contribution >= 0.6 is 11.6 Å². The molecule has 6 nitrogen and oxygen atoms in total. The molecule has 1 rings (SSSR count). The molecule has 0 fully saturated rings. The molecule has 0 aliphatic rings. The number of carbonyl (C=O) groups is 3. The van der Waals surface area contributed by atoms with Gasteiger partial charge in [-0.3, -0.25) is 25.2 Å². The van der Waals surface area contributed by atoms with E-state index in [1.54, 1.807) is 13.8 Å². The SMILES string of the molecule is CC(C)NC(=O)C(=O)NNC(=O)/C=C/c1ccc(Cl)c(C(F)(F)F)c1. The summed E-state index contributed by atoms with van der Waals surface area (Å²) in [4.78, 5) is 34.2. The fraction of sp³-hybridized carbons (Fsp3) is 0.267. The van der Waals surface area contributed by atoms with Crippen LogP contribution in [0.1, 0.15) is 25.0 Å². The highest BCUT2D eigenvalue weighted by molar-refractivity contribution is 6.35. The van der Waals surface area contributed by atoms with Gasteiger partial charge in [0.1, 0.15) is 0 Å². The van der Waals surface area contributed by atoms with Crippen LogP contribution in [0.3, 0.4) is 0 Å². The van der Waals surface area contributed by atoms with Crippen molar-refractivity contribution >= 4 is 35.4 Å². The normalized spacial score (nSPS) is 11.5. The van der Waals surface area contributed by atoms with Crippen molar-refractivity contribution in [2.45, 2.75) is 26.1 Å². The second kappa shape index (κ2) is 8.52. The van der Waals surface area contributed by atoms with Crippen molar-refractivity contribution in [3.8, 4) is 0 Å². The molecule has 0 aliphatic carbocycles. The summed E-state index contributed by atoms with van der Waals surface area (Å²) in [6.45, 7) is 3.29. The molecule has 1 aromatic rings. The Kier molecular flexibility index (Phi) is 6.98. The van der Waals surface area contributed by atoms with Crippen LogP contribution in [0, 0.1) is 0 Å². The first kappa shape index (κ1) is 20.5. The van der Waals surface area contributed by atoms with Crippen molar-refractivity contribution in [3.63, 3.8) is 0 Å². The Morgan fingerprint density at radius 1 is 1.12 bits per heavy atom. The van der Waals surface area contributed by atoms with E-state index in [9.17, 15) is 27.6 Å². The summed E-state index contributed by atoms with van der Waals surface area (Å²) in [5.41, 5.74) is 2.84. The molecule has 0 spiro atoms. The number of alkyl halides is 3. The number of hydrogen-bond donors (Lipinski definition) is 3. The third-order valence-electron chi connectivity index (χ3n) is 2.65. The smallest absolute Gasteiger partial charge is 0.346 e. The molecule has 0 aliphatic heterocycles. The highest BCUT2D eigenvalue weighted by atomic mass is 35.5. The fourth-order valence-electron chi connectivity index (χ4n) is 1.58. The van der Waals surface area contributed by atoms with Crippen LogP contribution < -0.4 is 16.2 Å². The summed E-state index contributed by atoms with van der Waals surface area (Å²) in [6.07, 6.45) is -2.63. The second-order valence-corrected chi connectivity index (χ2v) is 5.55. The van der Waals surface area contributed by atoms with E-state index < -0.39 is 34.5 Å². The molecular formula is C15H15ClF3N3O3.